The molecule has 0 aliphatic carbocycles. The van der Waals surface area contributed by atoms with Gasteiger partial charge < -0.3 is 5.11 Å². The SMILES string of the molecule is O=S1(=O)CCCC1Cc1nc2n(n1)CCCC2CO. The largest absolute Gasteiger partial charge is 0.396 e. The molecule has 0 saturated carbocycles. The van der Waals surface area contributed by atoms with E-state index in [4.69, 9.17) is 0 Å². The Labute approximate surface area is 112 Å². The molecule has 1 fully saturated rings. The zero-order valence-corrected chi connectivity index (χ0v) is 11.6. The summed E-state index contributed by atoms with van der Waals surface area (Å²) in [6, 6.07) is 0. The van der Waals surface area contributed by atoms with Crippen LogP contribution in [0.1, 0.15) is 43.3 Å². The van der Waals surface area contributed by atoms with Gasteiger partial charge in [0.15, 0.2) is 15.7 Å². The lowest BCUT2D eigenvalue weighted by atomic mass is 10.0. The van der Waals surface area contributed by atoms with Gasteiger partial charge in [-0.1, -0.05) is 0 Å². The second kappa shape index (κ2) is 4.86. The number of hydrogen-bond acceptors (Lipinski definition) is 5. The number of fused-ring (bicyclic) bond motifs is 1. The summed E-state index contributed by atoms with van der Waals surface area (Å²) in [4.78, 5) is 4.46. The molecule has 1 aromatic rings. The molecule has 7 heteroatoms. The zero-order valence-electron chi connectivity index (χ0n) is 10.8. The van der Waals surface area contributed by atoms with Crippen molar-refractivity contribution in [3.05, 3.63) is 11.6 Å². The molecule has 0 aromatic carbocycles. The number of aryl methyl sites for hydroxylation is 1. The fraction of sp³-hybridized carbons (Fsp3) is 0.833. The lowest BCUT2D eigenvalue weighted by Gasteiger charge is -2.19. The molecule has 0 bridgehead atoms. The first kappa shape index (κ1) is 13.1. The Bertz CT molecular complexity index is 567. The zero-order chi connectivity index (χ0) is 13.5. The molecular weight excluding hydrogens is 266 g/mol. The van der Waals surface area contributed by atoms with Crippen LogP contribution in [0.3, 0.4) is 0 Å². The van der Waals surface area contributed by atoms with Crippen LogP contribution < -0.4 is 0 Å². The van der Waals surface area contributed by atoms with Crippen molar-refractivity contribution in [1.82, 2.24) is 14.8 Å². The molecule has 106 valence electrons. The van der Waals surface area contributed by atoms with Gasteiger partial charge in [0, 0.05) is 18.9 Å². The van der Waals surface area contributed by atoms with Crippen LogP contribution in [0, 0.1) is 0 Å². The molecule has 0 amide bonds. The minimum atomic E-state index is -2.94. The number of hydrogen-bond donors (Lipinski definition) is 1. The van der Waals surface area contributed by atoms with E-state index in [1.54, 1.807) is 0 Å². The van der Waals surface area contributed by atoms with E-state index in [0.717, 1.165) is 38.1 Å². The summed E-state index contributed by atoms with van der Waals surface area (Å²) in [5.41, 5.74) is 0. The molecule has 1 N–H and O–H groups in total. The topological polar surface area (TPSA) is 85.1 Å². The predicted octanol–water partition coefficient (Wildman–Crippen LogP) is 0.267. The van der Waals surface area contributed by atoms with Crippen LogP contribution >= 0.6 is 0 Å². The summed E-state index contributed by atoms with van der Waals surface area (Å²) in [7, 11) is -2.94. The van der Waals surface area contributed by atoms with Crippen LogP contribution in [0.25, 0.3) is 0 Å². The maximum atomic E-state index is 11.8. The Morgan fingerprint density at radius 2 is 2.16 bits per heavy atom. The highest BCUT2D eigenvalue weighted by atomic mass is 32.2. The number of rotatable bonds is 3. The molecule has 3 heterocycles. The molecule has 19 heavy (non-hydrogen) atoms. The van der Waals surface area contributed by atoms with Crippen molar-refractivity contribution >= 4 is 9.84 Å². The van der Waals surface area contributed by atoms with Crippen LogP contribution in [0.15, 0.2) is 0 Å². The molecule has 2 aliphatic rings. The molecule has 3 rings (SSSR count). The molecule has 2 unspecified atom stereocenters. The minimum Gasteiger partial charge on any atom is -0.396 e. The van der Waals surface area contributed by atoms with Crippen molar-refractivity contribution in [2.45, 2.75) is 49.8 Å². The van der Waals surface area contributed by atoms with Gasteiger partial charge in [-0.3, -0.25) is 0 Å². The van der Waals surface area contributed by atoms with E-state index in [2.05, 4.69) is 10.1 Å². The Morgan fingerprint density at radius 1 is 1.32 bits per heavy atom. The van der Waals surface area contributed by atoms with Gasteiger partial charge >= 0.3 is 0 Å². The Kier molecular flexibility index (Phi) is 3.34. The van der Waals surface area contributed by atoms with E-state index < -0.39 is 9.84 Å². The lowest BCUT2D eigenvalue weighted by Crippen LogP contribution is -2.19. The maximum Gasteiger partial charge on any atom is 0.153 e. The van der Waals surface area contributed by atoms with E-state index in [9.17, 15) is 13.5 Å². The molecule has 0 spiro atoms. The van der Waals surface area contributed by atoms with Crippen LogP contribution in [0.4, 0.5) is 0 Å². The normalized spacial score (nSPS) is 29.3. The van der Waals surface area contributed by atoms with Crippen molar-refractivity contribution in [3.63, 3.8) is 0 Å². The molecule has 2 atom stereocenters. The molecular formula is C12H19N3O3S. The summed E-state index contributed by atoms with van der Waals surface area (Å²) in [6.07, 6.45) is 3.80. The van der Waals surface area contributed by atoms with Crippen LogP contribution in [0.5, 0.6) is 0 Å². The summed E-state index contributed by atoms with van der Waals surface area (Å²) >= 11 is 0. The van der Waals surface area contributed by atoms with E-state index >= 15 is 0 Å². The van der Waals surface area contributed by atoms with Gasteiger partial charge in [-0.05, 0) is 25.7 Å². The average molecular weight is 285 g/mol. The van der Waals surface area contributed by atoms with Crippen molar-refractivity contribution in [2.24, 2.45) is 0 Å². The quantitative estimate of drug-likeness (QED) is 0.861. The smallest absolute Gasteiger partial charge is 0.153 e. The van der Waals surface area contributed by atoms with Gasteiger partial charge in [0.2, 0.25) is 0 Å². The number of aliphatic hydroxyl groups is 1. The van der Waals surface area contributed by atoms with Crippen molar-refractivity contribution < 1.29 is 13.5 Å². The molecule has 6 nitrogen and oxygen atoms in total. The van der Waals surface area contributed by atoms with Crippen LogP contribution in [-0.4, -0.2) is 45.9 Å². The average Bonchev–Trinajstić information content (AvgIpc) is 2.92. The highest BCUT2D eigenvalue weighted by Crippen LogP contribution is 2.27. The number of nitrogens with zero attached hydrogens (tertiary/aromatic N) is 3. The number of aromatic nitrogens is 3. The third kappa shape index (κ3) is 2.41. The van der Waals surface area contributed by atoms with E-state index in [1.165, 1.54) is 0 Å². The fourth-order valence-corrected chi connectivity index (χ4v) is 4.87. The van der Waals surface area contributed by atoms with Gasteiger partial charge in [0.05, 0.1) is 17.6 Å². The molecule has 1 aromatic heterocycles. The Balaban J connectivity index is 1.81. The van der Waals surface area contributed by atoms with Crippen molar-refractivity contribution in [3.8, 4) is 0 Å². The predicted molar refractivity (Wildman–Crippen MR) is 69.6 cm³/mol. The number of aliphatic hydroxyl groups excluding tert-OH is 1. The maximum absolute atomic E-state index is 11.8. The van der Waals surface area contributed by atoms with Gasteiger partial charge in [-0.15, -0.1) is 0 Å². The third-order valence-electron chi connectivity index (χ3n) is 4.13. The van der Waals surface area contributed by atoms with Crippen molar-refractivity contribution in [2.75, 3.05) is 12.4 Å². The molecule has 0 radical (unpaired) electrons. The summed E-state index contributed by atoms with van der Waals surface area (Å²) < 4.78 is 25.5. The van der Waals surface area contributed by atoms with Gasteiger partial charge in [0.1, 0.15) is 5.82 Å². The summed E-state index contributed by atoms with van der Waals surface area (Å²) in [5.74, 6) is 1.78. The van der Waals surface area contributed by atoms with E-state index in [0.29, 0.717) is 18.0 Å². The van der Waals surface area contributed by atoms with Crippen molar-refractivity contribution in [1.29, 1.82) is 0 Å². The standard InChI is InChI=1S/C12H19N3O3S/c16-8-9-3-1-5-15-12(9)13-11(14-15)7-10-4-2-6-19(10,17)18/h9-10,16H,1-8H2. The Hall–Kier alpha value is -0.950. The lowest BCUT2D eigenvalue weighted by molar-refractivity contribution is 0.234. The second-order valence-electron chi connectivity index (χ2n) is 5.47. The Morgan fingerprint density at radius 3 is 2.84 bits per heavy atom. The van der Waals surface area contributed by atoms with E-state index in [-0.39, 0.29) is 17.8 Å². The van der Waals surface area contributed by atoms with Gasteiger partial charge in [-0.25, -0.2) is 18.1 Å². The van der Waals surface area contributed by atoms with Crippen LogP contribution in [0.2, 0.25) is 0 Å². The highest BCUT2D eigenvalue weighted by Gasteiger charge is 2.33. The first-order chi connectivity index (χ1) is 9.10. The molecule has 2 aliphatic heterocycles. The first-order valence-corrected chi connectivity index (χ1v) is 8.58. The molecule has 1 saturated heterocycles. The number of sulfone groups is 1. The minimum absolute atomic E-state index is 0.0511. The monoisotopic (exact) mass is 285 g/mol. The highest BCUT2D eigenvalue weighted by molar-refractivity contribution is 7.92. The summed E-state index contributed by atoms with van der Waals surface area (Å²) in [6.45, 7) is 0.899. The van der Waals surface area contributed by atoms with Crippen LogP contribution in [-0.2, 0) is 22.8 Å². The van der Waals surface area contributed by atoms with Gasteiger partial charge in [0.25, 0.3) is 0 Å². The third-order valence-corrected chi connectivity index (χ3v) is 6.40. The fourth-order valence-electron chi connectivity index (χ4n) is 3.04. The summed E-state index contributed by atoms with van der Waals surface area (Å²) in [5, 5.41) is 13.4. The van der Waals surface area contributed by atoms with E-state index in [1.807, 2.05) is 4.68 Å². The van der Waals surface area contributed by atoms with Gasteiger partial charge in [-0.2, -0.15) is 5.10 Å². The second-order valence-corrected chi connectivity index (χ2v) is 7.87. The first-order valence-electron chi connectivity index (χ1n) is 6.86.